The summed E-state index contributed by atoms with van der Waals surface area (Å²) in [6.07, 6.45) is -0.482. The van der Waals surface area contributed by atoms with Crippen molar-refractivity contribution in [1.82, 2.24) is 24.3 Å². The van der Waals surface area contributed by atoms with Gasteiger partial charge in [0.2, 0.25) is 5.24 Å². The van der Waals surface area contributed by atoms with Gasteiger partial charge in [0.15, 0.2) is 11.6 Å². The average molecular weight is 1320 g/mol. The number of carboxylic acid groups (broad SMARTS) is 1. The van der Waals surface area contributed by atoms with E-state index >= 15 is 0 Å². The van der Waals surface area contributed by atoms with Crippen molar-refractivity contribution in [1.29, 1.82) is 0 Å². The van der Waals surface area contributed by atoms with Crippen LogP contribution in [0.5, 0.6) is 11.5 Å². The van der Waals surface area contributed by atoms with Gasteiger partial charge in [0, 0.05) is 60.0 Å². The first kappa shape index (κ1) is 66.3. The molecule has 5 aliphatic heterocycles. The number of nitrogens with zero attached hydrogens (tertiary/aromatic N) is 5. The molecule has 29 heteroatoms. The highest BCUT2D eigenvalue weighted by atomic mass is 35.5. The van der Waals surface area contributed by atoms with Crippen LogP contribution < -0.4 is 25.8 Å². The number of fused-ring (bicyclic) bond motifs is 6. The first-order valence-corrected chi connectivity index (χ1v) is 30.9. The molecule has 0 aromatic carbocycles. The third-order valence-electron chi connectivity index (χ3n) is 17.7. The number of Topliss-reactive ketones (excluding diaryl/α,β-unsaturated/α-hetero) is 2. The number of aromatic nitrogens is 5. The van der Waals surface area contributed by atoms with Gasteiger partial charge < -0.3 is 59.0 Å². The van der Waals surface area contributed by atoms with Gasteiger partial charge in [0.25, 0.3) is 24.7 Å². The van der Waals surface area contributed by atoms with Gasteiger partial charge in [0.05, 0.1) is 109 Å². The van der Waals surface area contributed by atoms with Crippen LogP contribution in [-0.4, -0.2) is 155 Å². The minimum atomic E-state index is -2.75. The van der Waals surface area contributed by atoms with Crippen molar-refractivity contribution in [2.45, 2.75) is 32.6 Å². The molecule has 10 aliphatic rings. The standard InChI is InChI=1S/C21H20F2N4O3.C14H14F2N4O2.2C7H9ClO2.C6H7ClO2.C6H8O3/c1-2-30-17-6-18-25-16(19-11-9-29-10-12(11)19)8-27(18)7-15(17)26-21(28)14-5-3-4-13(24-14)20(22)23;1-2-22-11-6-12(17)18-7-10(11)20-14(21)9-5-3-4-8(19-9)13(15)16;2*8-1-6(9)7-4-2-10-3-5(4)7;2*7-6(8)5-3-1-9-2-4(3)5/h3-8,11-12,19-20H,2,9-10H2,1H3,(H,26,28);3-7,13H,2H2,1H3,(H2,17,18)(H,20,21);2*4-5,7H,1-3H2;3-5H,1-2H2;3-5H,1-2H2,(H,7,8)/t11-,12+,19?;;2*4-,5+,7?;2*3-,4+,5?. The molecule has 15 atom stereocenters. The lowest BCUT2D eigenvalue weighted by Crippen LogP contribution is -2.16. The number of pyridine rings is 4. The van der Waals surface area contributed by atoms with Crippen LogP contribution in [0.4, 0.5) is 34.8 Å². The monoisotopic (exact) mass is 1320 g/mol. The summed E-state index contributed by atoms with van der Waals surface area (Å²) in [7, 11) is 0. The number of ketones is 2. The quantitative estimate of drug-likeness (QED) is 0.0386. The Morgan fingerprint density at radius 2 is 1.01 bits per heavy atom. The highest BCUT2D eigenvalue weighted by Gasteiger charge is 2.60. The SMILES string of the molecule is CCOc1cc(N)ncc1NC(=O)c1cccc(C(F)F)n1.CCOc1cc2nc(C3[C@H]4COC[C@@H]34)cn2cc1NC(=O)c1cccc(C(F)F)n1.O=C(CCl)C1[C@H]2COC[C@@H]12.O=C(CCl)C1[C@H]2COC[C@@H]12.O=C(Cl)C1[C@H]2COC[C@@H]12.O=C(O)C1[C@H]2COC[C@@H]12. The largest absolute Gasteiger partial charge is 0.491 e. The van der Waals surface area contributed by atoms with Gasteiger partial charge in [-0.1, -0.05) is 12.1 Å². The van der Waals surface area contributed by atoms with Crippen molar-refractivity contribution in [3.8, 4) is 11.5 Å². The summed E-state index contributed by atoms with van der Waals surface area (Å²) in [6, 6.07) is 11.0. The van der Waals surface area contributed by atoms with Crippen LogP contribution in [0.3, 0.4) is 0 Å². The first-order chi connectivity index (χ1) is 43.3. The van der Waals surface area contributed by atoms with Crippen molar-refractivity contribution in [2.75, 3.05) is 107 Å². The summed E-state index contributed by atoms with van der Waals surface area (Å²) in [5.74, 6) is 5.70. The van der Waals surface area contributed by atoms with Crippen molar-refractivity contribution in [3.63, 3.8) is 0 Å². The summed E-state index contributed by atoms with van der Waals surface area (Å²) in [4.78, 5) is 83.5. The second-order valence-corrected chi connectivity index (χ2v) is 24.1. The van der Waals surface area contributed by atoms with Crippen molar-refractivity contribution in [3.05, 3.63) is 95.6 Å². The second-order valence-electron chi connectivity index (χ2n) is 23.2. The fourth-order valence-corrected chi connectivity index (χ4v) is 13.3. The van der Waals surface area contributed by atoms with E-state index in [4.69, 9.17) is 83.8 Å². The van der Waals surface area contributed by atoms with E-state index in [0.29, 0.717) is 109 Å². The van der Waals surface area contributed by atoms with Crippen LogP contribution in [-0.2, 0) is 42.9 Å². The maximum atomic E-state index is 12.9. The lowest BCUT2D eigenvalue weighted by molar-refractivity contribution is -0.140. The average Bonchev–Trinajstić information content (AvgIpc) is 1.62. The van der Waals surface area contributed by atoms with Crippen LogP contribution >= 0.6 is 34.8 Å². The molecular formula is C61H67Cl3F4N8O14. The molecule has 22 nitrogen and oxygen atoms in total. The number of nitrogen functional groups attached to an aromatic ring is 1. The number of hydrogen-bond acceptors (Lipinski definition) is 18. The number of anilines is 3. The number of imidazole rings is 1. The van der Waals surface area contributed by atoms with Gasteiger partial charge in [-0.05, 0) is 97.1 Å². The zero-order valence-electron chi connectivity index (χ0n) is 48.8. The number of carbonyl (C=O) groups excluding carboxylic acids is 5. The fraction of sp³-hybridized carbons (Fsp3) is 0.541. The molecule has 5 saturated heterocycles. The molecule has 10 fully saturated rings. The molecule has 5 aliphatic carbocycles. The minimum absolute atomic E-state index is 0.0706. The molecule has 5 aromatic heterocycles. The van der Waals surface area contributed by atoms with E-state index < -0.39 is 42.0 Å². The molecule has 15 rings (SSSR count). The highest BCUT2D eigenvalue weighted by molar-refractivity contribution is 6.64. The Labute approximate surface area is 528 Å². The zero-order chi connectivity index (χ0) is 64.1. The molecule has 2 amide bonds. The topological polar surface area (TPSA) is 293 Å². The van der Waals surface area contributed by atoms with Crippen LogP contribution in [0.1, 0.15) is 70.7 Å². The molecule has 90 heavy (non-hydrogen) atoms. The molecule has 0 bridgehead atoms. The number of alkyl halides is 6. The molecule has 0 radical (unpaired) electrons. The lowest BCUT2D eigenvalue weighted by Gasteiger charge is -2.12. The lowest BCUT2D eigenvalue weighted by atomic mass is 10.2. The first-order valence-electron chi connectivity index (χ1n) is 29.5. The Morgan fingerprint density at radius 3 is 1.40 bits per heavy atom. The molecule has 5 aromatic rings. The number of hydrogen-bond donors (Lipinski definition) is 4. The minimum Gasteiger partial charge on any atom is -0.491 e. The van der Waals surface area contributed by atoms with Gasteiger partial charge in [-0.25, -0.2) is 37.5 Å². The van der Waals surface area contributed by atoms with Gasteiger partial charge in [-0.15, -0.1) is 23.2 Å². The van der Waals surface area contributed by atoms with Crippen molar-refractivity contribution < 1.29 is 84.6 Å². The fourth-order valence-electron chi connectivity index (χ4n) is 12.6. The highest BCUT2D eigenvalue weighted by Crippen LogP contribution is 2.57. The van der Waals surface area contributed by atoms with Crippen LogP contribution in [0, 0.1) is 82.9 Å². The number of carboxylic acids is 1. The molecular weight excluding hydrogens is 1250 g/mol. The molecule has 5 saturated carbocycles. The number of aliphatic carboxylic acids is 1. The normalized spacial score (nSPS) is 28.9. The molecule has 5 N–H and O–H groups in total. The molecule has 0 spiro atoms. The van der Waals surface area contributed by atoms with Crippen LogP contribution in [0.2, 0.25) is 0 Å². The summed E-state index contributed by atoms with van der Waals surface area (Å²) < 4.78 is 89.7. The van der Waals surface area contributed by atoms with E-state index in [1.54, 1.807) is 19.2 Å². The van der Waals surface area contributed by atoms with E-state index in [0.717, 1.165) is 70.3 Å². The van der Waals surface area contributed by atoms with E-state index in [1.165, 1.54) is 42.6 Å². The number of nitrogens with one attached hydrogen (secondary N) is 2. The Kier molecular flexibility index (Phi) is 21.6. The third kappa shape index (κ3) is 15.5. The Hall–Kier alpha value is -6.65. The maximum Gasteiger partial charge on any atom is 0.307 e. The van der Waals surface area contributed by atoms with E-state index in [9.17, 15) is 46.3 Å². The molecule has 5 unspecified atom stereocenters. The predicted octanol–water partition coefficient (Wildman–Crippen LogP) is 8.31. The predicted molar refractivity (Wildman–Crippen MR) is 316 cm³/mol. The van der Waals surface area contributed by atoms with Crippen molar-refractivity contribution in [2.24, 2.45) is 82.9 Å². The van der Waals surface area contributed by atoms with Gasteiger partial charge >= 0.3 is 5.97 Å². The molecule has 484 valence electrons. The smallest absolute Gasteiger partial charge is 0.307 e. The summed E-state index contributed by atoms with van der Waals surface area (Å²) >= 11 is 16.1. The maximum absolute atomic E-state index is 12.9. The number of rotatable bonds is 17. The van der Waals surface area contributed by atoms with Crippen LogP contribution in [0.15, 0.2) is 67.1 Å². The molecule has 10 heterocycles. The Morgan fingerprint density at radius 1 is 0.600 bits per heavy atom. The Bertz CT molecular complexity index is 3320. The van der Waals surface area contributed by atoms with Gasteiger partial charge in [-0.2, -0.15) is 0 Å². The third-order valence-corrected chi connectivity index (χ3v) is 18.4. The summed E-state index contributed by atoms with van der Waals surface area (Å²) in [5, 5.41) is 13.6. The van der Waals surface area contributed by atoms with Crippen molar-refractivity contribution >= 4 is 92.2 Å². The number of halogens is 7. The Balaban J connectivity index is 0.000000128. The van der Waals surface area contributed by atoms with Crippen LogP contribution in [0.25, 0.3) is 5.65 Å². The summed E-state index contributed by atoms with van der Waals surface area (Å²) in [6.45, 7) is 11.9. The number of carbonyl (C=O) groups is 6. The second kappa shape index (κ2) is 29.3. The zero-order valence-corrected chi connectivity index (χ0v) is 51.0. The van der Waals surface area contributed by atoms with Gasteiger partial charge in [0.1, 0.15) is 57.1 Å². The van der Waals surface area contributed by atoms with E-state index in [1.807, 2.05) is 17.5 Å². The number of amides is 2. The van der Waals surface area contributed by atoms with E-state index in [-0.39, 0.29) is 75.1 Å². The van der Waals surface area contributed by atoms with Gasteiger partial charge in [-0.3, -0.25) is 28.8 Å². The number of ether oxygens (including phenoxy) is 7. The summed E-state index contributed by atoms with van der Waals surface area (Å²) in [5.41, 5.74) is 6.85. The number of nitrogens with two attached hydrogens (primary N) is 1. The van der Waals surface area contributed by atoms with E-state index in [2.05, 4.69) is 25.6 Å².